The van der Waals surface area contributed by atoms with Crippen LogP contribution in [0.25, 0.3) is 0 Å². The molecule has 6 heteroatoms. The number of carbonyl (C=O) groups excluding carboxylic acids is 2. The van der Waals surface area contributed by atoms with Gasteiger partial charge in [-0.1, -0.05) is 42.5 Å². The van der Waals surface area contributed by atoms with Gasteiger partial charge in [-0.2, -0.15) is 0 Å². The van der Waals surface area contributed by atoms with E-state index in [1.807, 2.05) is 42.5 Å². The highest BCUT2D eigenvalue weighted by atomic mass is 16.5. The second-order valence-electron chi connectivity index (χ2n) is 8.33. The van der Waals surface area contributed by atoms with Gasteiger partial charge in [0.15, 0.2) is 0 Å². The molecule has 0 radical (unpaired) electrons. The quantitative estimate of drug-likeness (QED) is 0.674. The molecule has 1 saturated carbocycles. The van der Waals surface area contributed by atoms with E-state index in [1.54, 1.807) is 4.90 Å². The van der Waals surface area contributed by atoms with E-state index in [2.05, 4.69) is 11.4 Å². The lowest BCUT2D eigenvalue weighted by Gasteiger charge is -2.20. The molecule has 1 N–H and O–H groups in total. The van der Waals surface area contributed by atoms with E-state index < -0.39 is 0 Å². The van der Waals surface area contributed by atoms with E-state index in [0.29, 0.717) is 45.1 Å². The van der Waals surface area contributed by atoms with Gasteiger partial charge in [-0.05, 0) is 42.4 Å². The van der Waals surface area contributed by atoms with Gasteiger partial charge in [-0.25, -0.2) is 0 Å². The highest BCUT2D eigenvalue weighted by Crippen LogP contribution is 2.28. The lowest BCUT2D eigenvalue weighted by Crippen LogP contribution is -2.35. The molecule has 1 aliphatic carbocycles. The van der Waals surface area contributed by atoms with Crippen molar-refractivity contribution in [2.45, 2.75) is 38.8 Å². The number of hydrogen-bond acceptors (Lipinski definition) is 4. The molecule has 6 nitrogen and oxygen atoms in total. The lowest BCUT2D eigenvalue weighted by atomic mass is 10.0. The van der Waals surface area contributed by atoms with Gasteiger partial charge in [-0.15, -0.1) is 0 Å². The van der Waals surface area contributed by atoms with E-state index in [9.17, 15) is 9.59 Å². The third-order valence-electron chi connectivity index (χ3n) is 5.72. The third kappa shape index (κ3) is 6.56. The van der Waals surface area contributed by atoms with Crippen molar-refractivity contribution in [2.75, 3.05) is 26.3 Å². The highest BCUT2D eigenvalue weighted by molar-refractivity contribution is 5.77. The second-order valence-corrected chi connectivity index (χ2v) is 8.33. The number of rotatable bonds is 9. The van der Waals surface area contributed by atoms with Crippen molar-refractivity contribution in [1.82, 2.24) is 10.2 Å². The van der Waals surface area contributed by atoms with Gasteiger partial charge in [0.05, 0.1) is 13.2 Å². The molecule has 31 heavy (non-hydrogen) atoms. The van der Waals surface area contributed by atoms with E-state index >= 15 is 0 Å². The van der Waals surface area contributed by atoms with Crippen molar-refractivity contribution in [3.63, 3.8) is 0 Å². The molecular weight excluding hydrogens is 392 g/mol. The number of nitrogens with zero attached hydrogens (tertiary/aromatic N) is 1. The van der Waals surface area contributed by atoms with Gasteiger partial charge in [0, 0.05) is 25.1 Å². The maximum Gasteiger partial charge on any atom is 0.249 e. The minimum atomic E-state index is -0.0442. The molecule has 1 heterocycles. The molecule has 4 rings (SSSR count). The summed E-state index contributed by atoms with van der Waals surface area (Å²) in [6.07, 6.45) is 3.62. The first-order valence-corrected chi connectivity index (χ1v) is 11.1. The van der Waals surface area contributed by atoms with Gasteiger partial charge in [0.25, 0.3) is 0 Å². The molecule has 2 aromatic carbocycles. The summed E-state index contributed by atoms with van der Waals surface area (Å²) in [7, 11) is 0. The monoisotopic (exact) mass is 422 g/mol. The van der Waals surface area contributed by atoms with Crippen molar-refractivity contribution in [2.24, 2.45) is 5.92 Å². The van der Waals surface area contributed by atoms with Crippen molar-refractivity contribution < 1.29 is 19.1 Å². The summed E-state index contributed by atoms with van der Waals surface area (Å²) in [5.41, 5.74) is 3.11. The Bertz CT molecular complexity index is 896. The number of benzene rings is 2. The third-order valence-corrected chi connectivity index (χ3v) is 5.72. The van der Waals surface area contributed by atoms with Crippen LogP contribution in [0.3, 0.4) is 0 Å². The zero-order valence-corrected chi connectivity index (χ0v) is 17.8. The summed E-state index contributed by atoms with van der Waals surface area (Å²) in [4.78, 5) is 26.5. The van der Waals surface area contributed by atoms with Crippen molar-refractivity contribution in [3.05, 3.63) is 65.2 Å². The molecule has 0 unspecified atom stereocenters. The van der Waals surface area contributed by atoms with Crippen LogP contribution in [0.2, 0.25) is 0 Å². The van der Waals surface area contributed by atoms with E-state index in [-0.39, 0.29) is 18.4 Å². The van der Waals surface area contributed by atoms with Gasteiger partial charge in [-0.3, -0.25) is 9.59 Å². The molecule has 0 aromatic heterocycles. The van der Waals surface area contributed by atoms with Crippen LogP contribution in [-0.2, 0) is 33.9 Å². The fraction of sp³-hybridized carbons (Fsp3) is 0.440. The first-order valence-electron chi connectivity index (χ1n) is 11.1. The van der Waals surface area contributed by atoms with Gasteiger partial charge in [0.2, 0.25) is 11.8 Å². The van der Waals surface area contributed by atoms with Gasteiger partial charge < -0.3 is 19.7 Å². The topological polar surface area (TPSA) is 67.9 Å². The largest absolute Gasteiger partial charge is 0.491 e. The number of amides is 2. The van der Waals surface area contributed by atoms with Crippen LogP contribution in [0.4, 0.5) is 0 Å². The van der Waals surface area contributed by atoms with Crippen LogP contribution in [0.15, 0.2) is 48.5 Å². The Hall–Kier alpha value is -2.86. The van der Waals surface area contributed by atoms with Crippen molar-refractivity contribution in [3.8, 4) is 5.75 Å². The second kappa shape index (κ2) is 10.4. The van der Waals surface area contributed by atoms with Crippen LogP contribution in [0.5, 0.6) is 5.75 Å². The number of hydrogen-bond donors (Lipinski definition) is 1. The van der Waals surface area contributed by atoms with Crippen LogP contribution in [-0.4, -0.2) is 43.0 Å². The van der Waals surface area contributed by atoms with E-state index in [4.69, 9.17) is 9.47 Å². The predicted molar refractivity (Wildman–Crippen MR) is 118 cm³/mol. The Kier molecular flexibility index (Phi) is 7.20. The summed E-state index contributed by atoms with van der Waals surface area (Å²) < 4.78 is 11.5. The van der Waals surface area contributed by atoms with Gasteiger partial charge >= 0.3 is 0 Å². The molecule has 164 valence electrons. The summed E-state index contributed by atoms with van der Waals surface area (Å²) in [5.74, 6) is 1.55. The van der Waals surface area contributed by atoms with Crippen molar-refractivity contribution in [1.29, 1.82) is 0 Å². The van der Waals surface area contributed by atoms with Crippen LogP contribution in [0, 0.1) is 5.92 Å². The lowest BCUT2D eigenvalue weighted by molar-refractivity contribution is -0.137. The Labute approximate surface area is 183 Å². The first kappa shape index (κ1) is 21.4. The first-order chi connectivity index (χ1) is 15.2. The summed E-state index contributed by atoms with van der Waals surface area (Å²) >= 11 is 0. The molecule has 2 amide bonds. The maximum absolute atomic E-state index is 12.7. The standard InChI is InChI=1S/C25H30N2O4/c28-24(26-15-20-6-7-20)11-9-19-8-10-23-22(14-19)16-27(12-13-31-23)25(29)18-30-17-21-4-2-1-3-5-21/h1-5,8,10,14,20H,6-7,9,11-13,15-18H2,(H,26,28). The Morgan fingerprint density at radius 3 is 2.74 bits per heavy atom. The van der Waals surface area contributed by atoms with Crippen molar-refractivity contribution >= 4 is 11.8 Å². The van der Waals surface area contributed by atoms with E-state index in [0.717, 1.165) is 29.0 Å². The van der Waals surface area contributed by atoms with Crippen LogP contribution < -0.4 is 10.1 Å². The SMILES string of the molecule is O=C(CCc1ccc2c(c1)CN(C(=O)COCc1ccccc1)CCO2)NCC1CC1. The molecular formula is C25H30N2O4. The zero-order chi connectivity index (χ0) is 21.5. The summed E-state index contributed by atoms with van der Waals surface area (Å²) in [5, 5.41) is 3.01. The maximum atomic E-state index is 12.7. The molecule has 1 aliphatic heterocycles. The Morgan fingerprint density at radius 2 is 1.94 bits per heavy atom. The Balaban J connectivity index is 1.28. The molecule has 2 aromatic rings. The Morgan fingerprint density at radius 1 is 1.10 bits per heavy atom. The zero-order valence-electron chi connectivity index (χ0n) is 17.8. The number of fused-ring (bicyclic) bond motifs is 1. The average Bonchev–Trinajstić information content (AvgIpc) is 3.63. The van der Waals surface area contributed by atoms with Crippen LogP contribution in [0.1, 0.15) is 36.0 Å². The predicted octanol–water partition coefficient (Wildman–Crippen LogP) is 3.08. The van der Waals surface area contributed by atoms with Gasteiger partial charge in [0.1, 0.15) is 19.0 Å². The number of ether oxygens (including phenoxy) is 2. The average molecular weight is 423 g/mol. The fourth-order valence-corrected chi connectivity index (χ4v) is 3.66. The molecule has 0 spiro atoms. The molecule has 0 atom stereocenters. The normalized spacial score (nSPS) is 15.5. The summed E-state index contributed by atoms with van der Waals surface area (Å²) in [6.45, 7) is 2.75. The highest BCUT2D eigenvalue weighted by Gasteiger charge is 2.22. The minimum absolute atomic E-state index is 0.0442. The summed E-state index contributed by atoms with van der Waals surface area (Å²) in [6, 6.07) is 15.8. The number of carbonyl (C=O) groups is 2. The van der Waals surface area contributed by atoms with Crippen LogP contribution >= 0.6 is 0 Å². The minimum Gasteiger partial charge on any atom is -0.491 e. The number of nitrogens with one attached hydrogen (secondary N) is 1. The fourth-order valence-electron chi connectivity index (χ4n) is 3.66. The smallest absolute Gasteiger partial charge is 0.249 e. The molecule has 1 fully saturated rings. The molecule has 0 bridgehead atoms. The molecule has 2 aliphatic rings. The van der Waals surface area contributed by atoms with E-state index in [1.165, 1.54) is 12.8 Å². The number of aryl methyl sites for hydroxylation is 1. The molecule has 0 saturated heterocycles.